The number of sulfonamides is 1. The van der Waals surface area contributed by atoms with E-state index in [4.69, 9.17) is 23.2 Å². The van der Waals surface area contributed by atoms with Gasteiger partial charge in [-0.3, -0.25) is 13.9 Å². The molecular formula is C26H25Cl2N5O4S. The molecule has 9 nitrogen and oxygen atoms in total. The molecule has 0 spiro atoms. The van der Waals surface area contributed by atoms with Crippen molar-refractivity contribution in [2.24, 2.45) is 0 Å². The molecule has 0 bridgehead atoms. The smallest absolute Gasteiger partial charge is 0.265 e. The van der Waals surface area contributed by atoms with Gasteiger partial charge in [-0.25, -0.2) is 8.42 Å². The Bertz CT molecular complexity index is 1480. The number of rotatable bonds is 6. The van der Waals surface area contributed by atoms with E-state index in [9.17, 15) is 18.0 Å². The number of hydrogen-bond acceptors (Lipinski definition) is 6. The van der Waals surface area contributed by atoms with E-state index in [-0.39, 0.29) is 20.6 Å². The monoisotopic (exact) mass is 573 g/mol. The summed E-state index contributed by atoms with van der Waals surface area (Å²) in [7, 11) is -4.29. The van der Waals surface area contributed by atoms with Gasteiger partial charge in [0.2, 0.25) is 11.8 Å². The molecule has 1 unspecified atom stereocenters. The van der Waals surface area contributed by atoms with Crippen molar-refractivity contribution >= 4 is 67.8 Å². The van der Waals surface area contributed by atoms with Gasteiger partial charge in [0.05, 0.1) is 32.7 Å². The van der Waals surface area contributed by atoms with Crippen molar-refractivity contribution in [3.8, 4) is 0 Å². The molecule has 3 aromatic carbocycles. The quantitative estimate of drug-likeness (QED) is 0.412. The summed E-state index contributed by atoms with van der Waals surface area (Å²) in [4.78, 5) is 28.3. The third-order valence-corrected chi connectivity index (χ3v) is 9.00. The van der Waals surface area contributed by atoms with E-state index in [1.165, 1.54) is 18.2 Å². The Hall–Kier alpha value is -3.31. The van der Waals surface area contributed by atoms with Gasteiger partial charge >= 0.3 is 0 Å². The van der Waals surface area contributed by atoms with Crippen LogP contribution >= 0.6 is 23.2 Å². The number of amides is 2. The van der Waals surface area contributed by atoms with Crippen molar-refractivity contribution in [1.29, 1.82) is 0 Å². The number of piperazine rings is 1. The van der Waals surface area contributed by atoms with Gasteiger partial charge in [0, 0.05) is 37.6 Å². The van der Waals surface area contributed by atoms with Gasteiger partial charge in [-0.15, -0.1) is 0 Å². The number of halogens is 2. The van der Waals surface area contributed by atoms with Gasteiger partial charge in [0.1, 0.15) is 6.04 Å². The minimum Gasteiger partial charge on any atom is -0.369 e. The van der Waals surface area contributed by atoms with E-state index in [1.807, 2.05) is 12.1 Å². The number of carbonyl (C=O) groups is 2. The van der Waals surface area contributed by atoms with Crippen molar-refractivity contribution in [1.82, 2.24) is 5.32 Å². The molecule has 0 aromatic heterocycles. The third kappa shape index (κ3) is 5.30. The number of nitrogens with zero attached hydrogens (tertiary/aromatic N) is 2. The fourth-order valence-corrected chi connectivity index (χ4v) is 6.57. The summed E-state index contributed by atoms with van der Waals surface area (Å²) in [5.41, 5.74) is 2.16. The predicted molar refractivity (Wildman–Crippen MR) is 150 cm³/mol. The van der Waals surface area contributed by atoms with Crippen molar-refractivity contribution < 1.29 is 18.0 Å². The van der Waals surface area contributed by atoms with E-state index in [1.54, 1.807) is 36.4 Å². The molecule has 2 aliphatic heterocycles. The van der Waals surface area contributed by atoms with Crippen LogP contribution in [-0.4, -0.2) is 52.5 Å². The molecule has 2 amide bonds. The summed E-state index contributed by atoms with van der Waals surface area (Å²) in [6.07, 6.45) is -0.403. The molecule has 198 valence electrons. The predicted octanol–water partition coefficient (Wildman–Crippen LogP) is 3.95. The van der Waals surface area contributed by atoms with Crippen LogP contribution in [0.15, 0.2) is 71.6 Å². The van der Waals surface area contributed by atoms with Gasteiger partial charge in [0.15, 0.2) is 0 Å². The summed E-state index contributed by atoms with van der Waals surface area (Å²) < 4.78 is 28.6. The topological polar surface area (TPSA) is 111 Å². The molecule has 12 heteroatoms. The summed E-state index contributed by atoms with van der Waals surface area (Å²) in [6.45, 7) is 3.61. The first-order chi connectivity index (χ1) is 18.2. The lowest BCUT2D eigenvalue weighted by Gasteiger charge is -2.36. The van der Waals surface area contributed by atoms with E-state index >= 15 is 0 Å². The second-order valence-corrected chi connectivity index (χ2v) is 11.6. The fraction of sp³-hybridized carbons (Fsp3) is 0.231. The van der Waals surface area contributed by atoms with Gasteiger partial charge in [-0.05, 0) is 54.6 Å². The van der Waals surface area contributed by atoms with Crippen LogP contribution in [0.3, 0.4) is 0 Å². The maximum absolute atomic E-state index is 13.8. The average Bonchev–Trinajstić information content (AvgIpc) is 2.91. The van der Waals surface area contributed by atoms with Crippen LogP contribution in [0, 0.1) is 0 Å². The van der Waals surface area contributed by atoms with Crippen molar-refractivity contribution in [3.63, 3.8) is 0 Å². The van der Waals surface area contributed by atoms with Gasteiger partial charge in [0.25, 0.3) is 10.0 Å². The fourth-order valence-electron chi connectivity index (χ4n) is 4.55. The Kier molecular flexibility index (Phi) is 7.49. The molecule has 1 saturated heterocycles. The molecule has 0 radical (unpaired) electrons. The molecule has 1 fully saturated rings. The highest BCUT2D eigenvalue weighted by atomic mass is 35.5. The Morgan fingerprint density at radius 2 is 1.68 bits per heavy atom. The van der Waals surface area contributed by atoms with Crippen LogP contribution < -0.4 is 25.2 Å². The first kappa shape index (κ1) is 26.3. The zero-order valence-electron chi connectivity index (χ0n) is 20.2. The number of fused-ring (bicyclic) bond motifs is 1. The normalized spacial score (nSPS) is 17.5. The highest BCUT2D eigenvalue weighted by molar-refractivity contribution is 7.93. The van der Waals surface area contributed by atoms with E-state index in [2.05, 4.69) is 20.9 Å². The van der Waals surface area contributed by atoms with Gasteiger partial charge in [-0.2, -0.15) is 0 Å². The minimum atomic E-state index is -4.29. The maximum Gasteiger partial charge on any atom is 0.265 e. The van der Waals surface area contributed by atoms with Gasteiger partial charge < -0.3 is 20.9 Å². The largest absolute Gasteiger partial charge is 0.369 e. The minimum absolute atomic E-state index is 0.0565. The standard InChI is InChI=1S/C26H25Cl2N5O4S/c27-20-10-9-19(15-21(20)28)38(36,37)33-23-4-2-1-3-22(23)31-26(35)24(33)16-25(34)30-17-5-7-18(8-6-17)32-13-11-29-12-14-32/h1-10,15,24,29H,11-14,16H2,(H,30,34)(H,31,35). The molecule has 2 heterocycles. The molecule has 3 N–H and O–H groups in total. The number of hydrogen-bond donors (Lipinski definition) is 3. The van der Waals surface area contributed by atoms with Crippen LogP contribution in [0.1, 0.15) is 6.42 Å². The molecule has 3 aromatic rings. The van der Waals surface area contributed by atoms with Crippen molar-refractivity contribution in [3.05, 3.63) is 76.8 Å². The van der Waals surface area contributed by atoms with Crippen LogP contribution in [0.2, 0.25) is 10.0 Å². The summed E-state index contributed by atoms with van der Waals surface area (Å²) >= 11 is 12.1. The van der Waals surface area contributed by atoms with Crippen LogP contribution in [0.25, 0.3) is 0 Å². The zero-order chi connectivity index (χ0) is 26.9. The lowest BCUT2D eigenvalue weighted by atomic mass is 10.1. The SMILES string of the molecule is O=C(CC1C(=O)Nc2ccccc2N1S(=O)(=O)c1ccc(Cl)c(Cl)c1)Nc1ccc(N2CCNCC2)cc1. The first-order valence-corrected chi connectivity index (χ1v) is 14.2. The lowest BCUT2D eigenvalue weighted by Crippen LogP contribution is -2.52. The second kappa shape index (κ2) is 10.8. The Balaban J connectivity index is 1.40. The summed E-state index contributed by atoms with van der Waals surface area (Å²) in [5.74, 6) is -1.12. The van der Waals surface area contributed by atoms with E-state index in [0.29, 0.717) is 11.4 Å². The first-order valence-electron chi connectivity index (χ1n) is 12.0. The number of anilines is 4. The Morgan fingerprint density at radius 3 is 2.39 bits per heavy atom. The van der Waals surface area contributed by atoms with Gasteiger partial charge in [-0.1, -0.05) is 35.3 Å². The average molecular weight is 574 g/mol. The summed E-state index contributed by atoms with van der Waals surface area (Å²) in [5, 5.41) is 9.06. The highest BCUT2D eigenvalue weighted by Gasteiger charge is 2.42. The zero-order valence-corrected chi connectivity index (χ0v) is 22.5. The number of nitrogens with one attached hydrogen (secondary N) is 3. The molecule has 2 aliphatic rings. The van der Waals surface area contributed by atoms with Crippen LogP contribution in [0.5, 0.6) is 0 Å². The van der Waals surface area contributed by atoms with E-state index in [0.717, 1.165) is 36.2 Å². The molecule has 0 saturated carbocycles. The number of para-hydroxylation sites is 2. The van der Waals surface area contributed by atoms with Crippen LogP contribution in [-0.2, 0) is 19.6 Å². The molecule has 0 aliphatic carbocycles. The Labute approximate surface area is 230 Å². The Morgan fingerprint density at radius 1 is 0.974 bits per heavy atom. The number of benzene rings is 3. The molecule has 5 rings (SSSR count). The second-order valence-electron chi connectivity index (χ2n) is 8.94. The maximum atomic E-state index is 13.8. The van der Waals surface area contributed by atoms with Crippen molar-refractivity contribution in [2.45, 2.75) is 17.4 Å². The molecule has 38 heavy (non-hydrogen) atoms. The third-order valence-electron chi connectivity index (χ3n) is 6.44. The highest BCUT2D eigenvalue weighted by Crippen LogP contribution is 2.38. The number of carbonyl (C=O) groups excluding carboxylic acids is 2. The lowest BCUT2D eigenvalue weighted by molar-refractivity contribution is -0.122. The van der Waals surface area contributed by atoms with E-state index < -0.39 is 34.3 Å². The van der Waals surface area contributed by atoms with Crippen molar-refractivity contribution in [2.75, 3.05) is 46.0 Å². The molecule has 1 atom stereocenters. The summed E-state index contributed by atoms with van der Waals surface area (Å²) in [6, 6.07) is 16.5. The molecular weight excluding hydrogens is 549 g/mol. The van der Waals surface area contributed by atoms with Crippen LogP contribution in [0.4, 0.5) is 22.7 Å².